The highest BCUT2D eigenvalue weighted by atomic mass is 19.4. The van der Waals surface area contributed by atoms with Gasteiger partial charge in [0.1, 0.15) is 0 Å². The number of nitrogens with one attached hydrogen (secondary N) is 1. The van der Waals surface area contributed by atoms with Gasteiger partial charge in [-0.1, -0.05) is 0 Å². The Morgan fingerprint density at radius 2 is 1.94 bits per heavy atom. The Labute approximate surface area is 93.0 Å². The first kappa shape index (κ1) is 13.7. The van der Waals surface area contributed by atoms with Crippen LogP contribution in [0.1, 0.15) is 19.8 Å². The smallest absolute Gasteiger partial charge is 0.382 e. The highest BCUT2D eigenvalue weighted by molar-refractivity contribution is 4.77. The standard InChI is InChI=1S/C10H18F3NO2/c1-7(8-2-4-16-5-3-8)14-6-9(15)10(11,12)13/h7-9,14-15H,2-6H2,1H3. The van der Waals surface area contributed by atoms with E-state index in [1.54, 1.807) is 0 Å². The molecule has 0 aromatic carbocycles. The summed E-state index contributed by atoms with van der Waals surface area (Å²) < 4.78 is 41.3. The molecule has 1 saturated heterocycles. The second-order valence-corrected chi connectivity index (χ2v) is 4.20. The van der Waals surface area contributed by atoms with E-state index in [-0.39, 0.29) is 6.04 Å². The minimum absolute atomic E-state index is 0.0269. The van der Waals surface area contributed by atoms with Gasteiger partial charge in [0.25, 0.3) is 0 Å². The molecule has 0 aromatic heterocycles. The number of hydrogen-bond donors (Lipinski definition) is 2. The third kappa shape index (κ3) is 4.27. The fourth-order valence-corrected chi connectivity index (χ4v) is 1.80. The van der Waals surface area contributed by atoms with Crippen LogP contribution >= 0.6 is 0 Å². The van der Waals surface area contributed by atoms with Crippen molar-refractivity contribution in [2.75, 3.05) is 19.8 Å². The van der Waals surface area contributed by atoms with Crippen molar-refractivity contribution in [3.63, 3.8) is 0 Å². The molecule has 0 aliphatic carbocycles. The molecule has 0 saturated carbocycles. The first-order valence-corrected chi connectivity index (χ1v) is 5.47. The number of ether oxygens (including phenoxy) is 1. The Bertz CT molecular complexity index is 205. The zero-order valence-corrected chi connectivity index (χ0v) is 9.26. The second-order valence-electron chi connectivity index (χ2n) is 4.20. The van der Waals surface area contributed by atoms with Gasteiger partial charge < -0.3 is 15.2 Å². The van der Waals surface area contributed by atoms with Gasteiger partial charge in [-0.15, -0.1) is 0 Å². The molecule has 0 radical (unpaired) electrons. The topological polar surface area (TPSA) is 41.5 Å². The fourth-order valence-electron chi connectivity index (χ4n) is 1.80. The highest BCUT2D eigenvalue weighted by Gasteiger charge is 2.38. The average molecular weight is 241 g/mol. The molecule has 2 N–H and O–H groups in total. The van der Waals surface area contributed by atoms with E-state index in [1.807, 2.05) is 6.92 Å². The fraction of sp³-hybridized carbons (Fsp3) is 1.00. The molecule has 0 aromatic rings. The van der Waals surface area contributed by atoms with Crippen LogP contribution in [-0.4, -0.2) is 43.2 Å². The maximum absolute atomic E-state index is 12.0. The summed E-state index contributed by atoms with van der Waals surface area (Å²) in [6, 6.07) is -0.0269. The first-order valence-electron chi connectivity index (χ1n) is 5.47. The lowest BCUT2D eigenvalue weighted by Crippen LogP contribution is -2.44. The van der Waals surface area contributed by atoms with Crippen LogP contribution in [0.25, 0.3) is 0 Å². The van der Waals surface area contributed by atoms with E-state index in [2.05, 4.69) is 5.32 Å². The Hall–Kier alpha value is -0.330. The van der Waals surface area contributed by atoms with Crippen molar-refractivity contribution >= 4 is 0 Å². The maximum Gasteiger partial charge on any atom is 0.415 e. The lowest BCUT2D eigenvalue weighted by Gasteiger charge is -2.29. The lowest BCUT2D eigenvalue weighted by molar-refractivity contribution is -0.202. The number of alkyl halides is 3. The predicted octanol–water partition coefficient (Wildman–Crippen LogP) is 1.31. The van der Waals surface area contributed by atoms with Gasteiger partial charge in [-0.3, -0.25) is 0 Å². The third-order valence-corrected chi connectivity index (χ3v) is 2.98. The summed E-state index contributed by atoms with van der Waals surface area (Å²) in [7, 11) is 0. The van der Waals surface area contributed by atoms with Crippen LogP contribution in [0.2, 0.25) is 0 Å². The molecule has 1 rings (SSSR count). The van der Waals surface area contributed by atoms with E-state index in [0.29, 0.717) is 19.1 Å². The second kappa shape index (κ2) is 5.84. The summed E-state index contributed by atoms with van der Waals surface area (Å²) >= 11 is 0. The van der Waals surface area contributed by atoms with E-state index in [9.17, 15) is 13.2 Å². The minimum atomic E-state index is -4.54. The zero-order valence-electron chi connectivity index (χ0n) is 9.26. The summed E-state index contributed by atoms with van der Waals surface area (Å²) in [5, 5.41) is 11.6. The quantitative estimate of drug-likeness (QED) is 0.780. The molecule has 3 nitrogen and oxygen atoms in total. The molecule has 0 bridgehead atoms. The summed E-state index contributed by atoms with van der Waals surface area (Å²) in [4.78, 5) is 0. The Balaban J connectivity index is 2.26. The van der Waals surface area contributed by atoms with Crippen molar-refractivity contribution in [2.45, 2.75) is 38.1 Å². The minimum Gasteiger partial charge on any atom is -0.382 e. The Kier molecular flexibility index (Phi) is 5.01. The van der Waals surface area contributed by atoms with Gasteiger partial charge in [-0.2, -0.15) is 13.2 Å². The molecule has 1 aliphatic rings. The van der Waals surface area contributed by atoms with Crippen molar-refractivity contribution in [1.29, 1.82) is 0 Å². The predicted molar refractivity (Wildman–Crippen MR) is 53.1 cm³/mol. The largest absolute Gasteiger partial charge is 0.415 e. The number of rotatable bonds is 4. The van der Waals surface area contributed by atoms with Gasteiger partial charge in [0.05, 0.1) is 0 Å². The van der Waals surface area contributed by atoms with Gasteiger partial charge in [0, 0.05) is 25.8 Å². The van der Waals surface area contributed by atoms with Gasteiger partial charge in [0.2, 0.25) is 0 Å². The van der Waals surface area contributed by atoms with Crippen LogP contribution in [0, 0.1) is 5.92 Å². The number of hydrogen-bond acceptors (Lipinski definition) is 3. The van der Waals surface area contributed by atoms with Crippen LogP contribution in [0.15, 0.2) is 0 Å². The van der Waals surface area contributed by atoms with Crippen LogP contribution < -0.4 is 5.32 Å². The zero-order chi connectivity index (χ0) is 12.2. The van der Waals surface area contributed by atoms with E-state index in [4.69, 9.17) is 9.84 Å². The molecule has 1 aliphatic heterocycles. The summed E-state index contributed by atoms with van der Waals surface area (Å²) in [6.07, 6.45) is -5.11. The number of aliphatic hydroxyl groups excluding tert-OH is 1. The maximum atomic E-state index is 12.0. The normalized spacial score (nSPS) is 23.1. The van der Waals surface area contributed by atoms with Crippen LogP contribution in [0.4, 0.5) is 13.2 Å². The number of halogens is 3. The van der Waals surface area contributed by atoms with Crippen LogP contribution in [0.3, 0.4) is 0 Å². The van der Waals surface area contributed by atoms with E-state index >= 15 is 0 Å². The summed E-state index contributed by atoms with van der Waals surface area (Å²) in [5.41, 5.74) is 0. The van der Waals surface area contributed by atoms with Gasteiger partial charge in [-0.25, -0.2) is 0 Å². The van der Waals surface area contributed by atoms with E-state index < -0.39 is 18.8 Å². The van der Waals surface area contributed by atoms with Crippen LogP contribution in [-0.2, 0) is 4.74 Å². The average Bonchev–Trinajstić information content (AvgIpc) is 2.25. The van der Waals surface area contributed by atoms with Crippen molar-refractivity contribution in [1.82, 2.24) is 5.32 Å². The first-order chi connectivity index (χ1) is 7.41. The number of aliphatic hydroxyl groups is 1. The van der Waals surface area contributed by atoms with E-state index in [0.717, 1.165) is 12.8 Å². The Morgan fingerprint density at radius 1 is 1.38 bits per heavy atom. The van der Waals surface area contributed by atoms with Gasteiger partial charge >= 0.3 is 6.18 Å². The molecule has 0 amide bonds. The van der Waals surface area contributed by atoms with Crippen LogP contribution in [0.5, 0.6) is 0 Å². The molecule has 2 unspecified atom stereocenters. The van der Waals surface area contributed by atoms with E-state index in [1.165, 1.54) is 0 Å². The molecule has 1 fully saturated rings. The lowest BCUT2D eigenvalue weighted by atomic mass is 9.93. The molecular weight excluding hydrogens is 223 g/mol. The molecule has 1 heterocycles. The summed E-state index contributed by atoms with van der Waals surface area (Å²) in [6.45, 7) is 2.73. The third-order valence-electron chi connectivity index (χ3n) is 2.98. The van der Waals surface area contributed by atoms with Crippen molar-refractivity contribution in [3.05, 3.63) is 0 Å². The molecule has 6 heteroatoms. The highest BCUT2D eigenvalue weighted by Crippen LogP contribution is 2.21. The molecule has 0 spiro atoms. The SMILES string of the molecule is CC(NCC(O)C(F)(F)F)C1CCOCC1. The summed E-state index contributed by atoms with van der Waals surface area (Å²) in [5.74, 6) is 0.328. The van der Waals surface area contributed by atoms with Crippen molar-refractivity contribution in [2.24, 2.45) is 5.92 Å². The van der Waals surface area contributed by atoms with Gasteiger partial charge in [0.15, 0.2) is 6.10 Å². The molecule has 16 heavy (non-hydrogen) atoms. The molecule has 2 atom stereocenters. The monoisotopic (exact) mass is 241 g/mol. The molecule has 96 valence electrons. The van der Waals surface area contributed by atoms with Crippen molar-refractivity contribution < 1.29 is 23.0 Å². The van der Waals surface area contributed by atoms with Gasteiger partial charge in [-0.05, 0) is 25.7 Å². The Morgan fingerprint density at radius 3 is 2.44 bits per heavy atom. The molecular formula is C10H18F3NO2. The van der Waals surface area contributed by atoms with Crippen molar-refractivity contribution in [3.8, 4) is 0 Å².